The van der Waals surface area contributed by atoms with E-state index in [1.807, 2.05) is 25.1 Å². The van der Waals surface area contributed by atoms with E-state index in [-0.39, 0.29) is 0 Å². The van der Waals surface area contributed by atoms with E-state index in [2.05, 4.69) is 36.8 Å². The Morgan fingerprint density at radius 2 is 1.93 bits per heavy atom. The second-order valence-electron chi connectivity index (χ2n) is 3.24. The Morgan fingerprint density at radius 1 is 1.27 bits per heavy atom. The van der Waals surface area contributed by atoms with Crippen LogP contribution in [0.5, 0.6) is 0 Å². The van der Waals surface area contributed by atoms with Crippen LogP contribution in [-0.4, -0.2) is 4.98 Å². The Bertz CT molecular complexity index is 459. The number of nitrogens with zero attached hydrogens (tertiary/aromatic N) is 1. The Morgan fingerprint density at radius 3 is 2.47 bits per heavy atom. The summed E-state index contributed by atoms with van der Waals surface area (Å²) in [6.45, 7) is 1.89. The monoisotopic (exact) mass is 329 g/mol. The lowest BCUT2D eigenvalue weighted by Crippen LogP contribution is -1.91. The van der Waals surface area contributed by atoms with Crippen molar-refractivity contribution in [2.75, 3.05) is 0 Å². The molecule has 0 aliphatic heterocycles. The maximum Gasteiger partial charge on any atom is 0.198 e. The largest absolute Gasteiger partial charge is 0.446 e. The molecule has 2 aromatic rings. The zero-order valence-electron chi connectivity index (χ0n) is 8.13. The van der Waals surface area contributed by atoms with Gasteiger partial charge in [0.2, 0.25) is 0 Å². The van der Waals surface area contributed by atoms with Crippen LogP contribution in [0.3, 0.4) is 0 Å². The smallest absolute Gasteiger partial charge is 0.198 e. The van der Waals surface area contributed by atoms with Crippen LogP contribution in [-0.2, 0) is 6.42 Å². The van der Waals surface area contributed by atoms with Crippen molar-refractivity contribution in [1.29, 1.82) is 0 Å². The van der Waals surface area contributed by atoms with Gasteiger partial charge >= 0.3 is 0 Å². The molecule has 0 saturated heterocycles. The molecule has 2 rings (SSSR count). The van der Waals surface area contributed by atoms with E-state index < -0.39 is 0 Å². The molecule has 0 spiro atoms. The first-order valence-corrected chi connectivity index (χ1v) is 6.09. The summed E-state index contributed by atoms with van der Waals surface area (Å²) in [5.74, 6) is 1.58. The van der Waals surface area contributed by atoms with E-state index in [0.29, 0.717) is 6.42 Å². The van der Waals surface area contributed by atoms with E-state index in [4.69, 9.17) is 4.42 Å². The Labute approximate surface area is 105 Å². The molecule has 0 unspecified atom stereocenters. The summed E-state index contributed by atoms with van der Waals surface area (Å²) >= 11 is 7.02. The molecule has 4 heteroatoms. The standard InChI is InChI=1S/C11H9Br2NO/c1-7-6-14-11(15-7)5-8-9(12)3-2-4-10(8)13/h2-4,6H,5H2,1H3. The highest BCUT2D eigenvalue weighted by molar-refractivity contribution is 9.11. The van der Waals surface area contributed by atoms with Gasteiger partial charge in [-0.1, -0.05) is 37.9 Å². The van der Waals surface area contributed by atoms with E-state index >= 15 is 0 Å². The van der Waals surface area contributed by atoms with Crippen LogP contribution in [0, 0.1) is 6.92 Å². The number of aromatic nitrogens is 1. The van der Waals surface area contributed by atoms with E-state index in [0.717, 1.165) is 26.2 Å². The molecule has 2 nitrogen and oxygen atoms in total. The van der Waals surface area contributed by atoms with Crippen molar-refractivity contribution in [2.24, 2.45) is 0 Å². The van der Waals surface area contributed by atoms with Gasteiger partial charge in [0.05, 0.1) is 12.6 Å². The highest BCUT2D eigenvalue weighted by Crippen LogP contribution is 2.27. The van der Waals surface area contributed by atoms with Crippen LogP contribution >= 0.6 is 31.9 Å². The van der Waals surface area contributed by atoms with Crippen molar-refractivity contribution >= 4 is 31.9 Å². The van der Waals surface area contributed by atoms with Crippen molar-refractivity contribution in [3.05, 3.63) is 50.6 Å². The molecular weight excluding hydrogens is 322 g/mol. The molecule has 0 bridgehead atoms. The van der Waals surface area contributed by atoms with E-state index in [1.165, 1.54) is 0 Å². The third-order valence-corrected chi connectivity index (χ3v) is 3.54. The average molecular weight is 331 g/mol. The highest BCUT2D eigenvalue weighted by Gasteiger charge is 2.08. The molecule has 0 saturated carbocycles. The normalized spacial score (nSPS) is 10.6. The second kappa shape index (κ2) is 4.49. The van der Waals surface area contributed by atoms with Crippen molar-refractivity contribution in [1.82, 2.24) is 4.98 Å². The first kappa shape index (κ1) is 10.9. The van der Waals surface area contributed by atoms with Crippen molar-refractivity contribution < 1.29 is 4.42 Å². The van der Waals surface area contributed by atoms with Gasteiger partial charge in [-0.25, -0.2) is 4.98 Å². The molecule has 0 radical (unpaired) electrons. The molecule has 1 aromatic carbocycles. The summed E-state index contributed by atoms with van der Waals surface area (Å²) in [7, 11) is 0. The number of aryl methyl sites for hydroxylation is 1. The maximum absolute atomic E-state index is 5.44. The molecule has 0 aliphatic rings. The number of rotatable bonds is 2. The molecule has 1 aromatic heterocycles. The molecule has 0 aliphatic carbocycles. The zero-order valence-corrected chi connectivity index (χ0v) is 11.3. The molecule has 0 atom stereocenters. The predicted molar refractivity (Wildman–Crippen MR) is 65.9 cm³/mol. The second-order valence-corrected chi connectivity index (χ2v) is 4.95. The van der Waals surface area contributed by atoms with Gasteiger partial charge < -0.3 is 4.42 Å². The lowest BCUT2D eigenvalue weighted by molar-refractivity contribution is 0.481. The minimum absolute atomic E-state index is 0.690. The predicted octanol–water partition coefficient (Wildman–Crippen LogP) is 4.10. The van der Waals surface area contributed by atoms with Crippen LogP contribution in [0.15, 0.2) is 37.8 Å². The van der Waals surface area contributed by atoms with Gasteiger partial charge in [-0.2, -0.15) is 0 Å². The summed E-state index contributed by atoms with van der Waals surface area (Å²) in [4.78, 5) is 4.18. The molecule has 0 amide bonds. The maximum atomic E-state index is 5.44. The van der Waals surface area contributed by atoms with Gasteiger partial charge in [0, 0.05) is 8.95 Å². The van der Waals surface area contributed by atoms with Gasteiger partial charge in [-0.15, -0.1) is 0 Å². The number of oxazole rings is 1. The fraction of sp³-hybridized carbons (Fsp3) is 0.182. The van der Waals surface area contributed by atoms with Crippen LogP contribution < -0.4 is 0 Å². The van der Waals surface area contributed by atoms with Gasteiger partial charge in [-0.3, -0.25) is 0 Å². The Kier molecular flexibility index (Phi) is 3.26. The van der Waals surface area contributed by atoms with Crippen LogP contribution in [0.25, 0.3) is 0 Å². The Hall–Kier alpha value is -0.610. The molecule has 15 heavy (non-hydrogen) atoms. The van der Waals surface area contributed by atoms with Gasteiger partial charge in [-0.05, 0) is 24.6 Å². The summed E-state index contributed by atoms with van der Waals surface area (Å²) < 4.78 is 7.57. The van der Waals surface area contributed by atoms with Crippen molar-refractivity contribution in [2.45, 2.75) is 13.3 Å². The SMILES string of the molecule is Cc1cnc(Cc2c(Br)cccc2Br)o1. The summed E-state index contributed by atoms with van der Waals surface area (Å²) in [6.07, 6.45) is 2.43. The fourth-order valence-corrected chi connectivity index (χ4v) is 2.61. The third-order valence-electron chi connectivity index (χ3n) is 2.06. The molecule has 1 heterocycles. The summed E-state index contributed by atoms with van der Waals surface area (Å²) in [5.41, 5.74) is 1.15. The van der Waals surface area contributed by atoms with Gasteiger partial charge in [0.1, 0.15) is 5.76 Å². The van der Waals surface area contributed by atoms with Gasteiger partial charge in [0.25, 0.3) is 0 Å². The Balaban J connectivity index is 2.31. The molecule has 0 N–H and O–H groups in total. The summed E-state index contributed by atoms with van der Waals surface area (Å²) in [5, 5.41) is 0. The van der Waals surface area contributed by atoms with E-state index in [1.54, 1.807) is 6.20 Å². The minimum Gasteiger partial charge on any atom is -0.446 e. The van der Waals surface area contributed by atoms with Crippen molar-refractivity contribution in [3.8, 4) is 0 Å². The third kappa shape index (κ3) is 2.49. The first-order valence-electron chi connectivity index (χ1n) is 4.51. The highest BCUT2D eigenvalue weighted by atomic mass is 79.9. The van der Waals surface area contributed by atoms with Crippen molar-refractivity contribution in [3.63, 3.8) is 0 Å². The molecule has 78 valence electrons. The van der Waals surface area contributed by atoms with Crippen LogP contribution in [0.1, 0.15) is 17.2 Å². The number of halogens is 2. The minimum atomic E-state index is 0.690. The quantitative estimate of drug-likeness (QED) is 0.828. The van der Waals surface area contributed by atoms with Crippen LogP contribution in [0.4, 0.5) is 0 Å². The average Bonchev–Trinajstić information content (AvgIpc) is 2.58. The molecule has 0 fully saturated rings. The fourth-order valence-electron chi connectivity index (χ4n) is 1.34. The first-order chi connectivity index (χ1) is 7.16. The number of benzene rings is 1. The number of hydrogen-bond acceptors (Lipinski definition) is 2. The molecular formula is C11H9Br2NO. The topological polar surface area (TPSA) is 26.0 Å². The number of hydrogen-bond donors (Lipinski definition) is 0. The summed E-state index contributed by atoms with van der Waals surface area (Å²) in [6, 6.07) is 6.00. The lowest BCUT2D eigenvalue weighted by Gasteiger charge is -2.04. The van der Waals surface area contributed by atoms with Crippen LogP contribution in [0.2, 0.25) is 0 Å². The van der Waals surface area contributed by atoms with Gasteiger partial charge in [0.15, 0.2) is 5.89 Å². The lowest BCUT2D eigenvalue weighted by atomic mass is 10.1. The zero-order chi connectivity index (χ0) is 10.8. The van der Waals surface area contributed by atoms with E-state index in [9.17, 15) is 0 Å².